The summed E-state index contributed by atoms with van der Waals surface area (Å²) in [5.74, 6) is 1.75. The molecule has 3 aromatic rings. The molecule has 0 radical (unpaired) electrons. The third-order valence-electron chi connectivity index (χ3n) is 4.01. The summed E-state index contributed by atoms with van der Waals surface area (Å²) in [4.78, 5) is 4.75. The molecule has 0 bridgehead atoms. The summed E-state index contributed by atoms with van der Waals surface area (Å²) in [6.07, 6.45) is 1.03. The number of aromatic nitrogens is 4. The quantitative estimate of drug-likeness (QED) is 0.573. The molecule has 0 unspecified atom stereocenters. The normalized spacial score (nSPS) is 11.4. The number of fused-ring (bicyclic) bond motifs is 1. The second-order valence-corrected chi connectivity index (χ2v) is 7.67. The Morgan fingerprint density at radius 3 is 2.48 bits per heavy atom. The number of ether oxygens (including phenoxy) is 1. The average Bonchev–Trinajstić information content (AvgIpc) is 3.02. The van der Waals surface area contributed by atoms with Crippen molar-refractivity contribution in [2.45, 2.75) is 51.5 Å². The lowest BCUT2D eigenvalue weighted by Gasteiger charge is -2.13. The first-order valence-corrected chi connectivity index (χ1v) is 10.1. The van der Waals surface area contributed by atoms with Gasteiger partial charge in [-0.3, -0.25) is 0 Å². The highest BCUT2D eigenvalue weighted by Crippen LogP contribution is 2.32. The van der Waals surface area contributed by atoms with Crippen molar-refractivity contribution < 1.29 is 4.74 Å². The molecule has 0 aliphatic carbocycles. The van der Waals surface area contributed by atoms with Gasteiger partial charge in [0.15, 0.2) is 11.0 Å². The number of benzene rings is 1. The second-order valence-electron chi connectivity index (χ2n) is 6.60. The van der Waals surface area contributed by atoms with Crippen molar-refractivity contribution in [3.8, 4) is 5.88 Å². The zero-order valence-electron chi connectivity index (χ0n) is 16.0. The smallest absolute Gasteiger partial charge is 0.260 e. The van der Waals surface area contributed by atoms with E-state index in [0.29, 0.717) is 30.3 Å². The van der Waals surface area contributed by atoms with Gasteiger partial charge in [-0.05, 0) is 31.4 Å². The topological polar surface area (TPSA) is 105 Å². The summed E-state index contributed by atoms with van der Waals surface area (Å²) in [5.41, 5.74) is 15.5. The minimum Gasteiger partial charge on any atom is -0.472 e. The minimum absolute atomic E-state index is 0.0231. The molecule has 3 rings (SSSR count). The van der Waals surface area contributed by atoms with Gasteiger partial charge < -0.3 is 20.8 Å². The predicted octanol–water partition coefficient (Wildman–Crippen LogP) is 3.20. The summed E-state index contributed by atoms with van der Waals surface area (Å²) in [5, 5.41) is 9.11. The van der Waals surface area contributed by atoms with E-state index in [0.717, 1.165) is 34.0 Å². The van der Waals surface area contributed by atoms with Gasteiger partial charge >= 0.3 is 0 Å². The highest BCUT2D eigenvalue weighted by atomic mass is 32.2. The van der Waals surface area contributed by atoms with Crippen molar-refractivity contribution in [2.75, 3.05) is 11.5 Å². The van der Waals surface area contributed by atoms with Crippen molar-refractivity contribution in [3.63, 3.8) is 0 Å². The fraction of sp³-hybridized carbons (Fsp3) is 0.421. The Morgan fingerprint density at radius 2 is 1.85 bits per heavy atom. The van der Waals surface area contributed by atoms with Crippen molar-refractivity contribution in [2.24, 2.45) is 5.73 Å². The summed E-state index contributed by atoms with van der Waals surface area (Å²) in [7, 11) is 0. The molecule has 0 saturated heterocycles. The number of rotatable bonds is 8. The summed E-state index contributed by atoms with van der Waals surface area (Å²) in [6.45, 7) is 7.25. The van der Waals surface area contributed by atoms with E-state index in [9.17, 15) is 0 Å². The van der Waals surface area contributed by atoms with Gasteiger partial charge in [-0.25, -0.2) is 4.98 Å². The van der Waals surface area contributed by atoms with Gasteiger partial charge in [0, 0.05) is 12.3 Å². The lowest BCUT2D eigenvalue weighted by atomic mass is 10.1. The number of nitrogen functional groups attached to an aromatic ring is 1. The average molecular weight is 387 g/mol. The fourth-order valence-corrected chi connectivity index (χ4v) is 3.59. The Bertz CT molecular complexity index is 907. The molecule has 0 amide bonds. The van der Waals surface area contributed by atoms with Crippen LogP contribution in [0.4, 0.5) is 5.82 Å². The Kier molecular flexibility index (Phi) is 6.18. The van der Waals surface area contributed by atoms with Crippen LogP contribution in [0.5, 0.6) is 5.88 Å². The van der Waals surface area contributed by atoms with E-state index in [1.807, 2.05) is 26.0 Å². The van der Waals surface area contributed by atoms with Gasteiger partial charge in [0.2, 0.25) is 0 Å². The number of hydrogen-bond acceptors (Lipinski definition) is 7. The van der Waals surface area contributed by atoms with E-state index < -0.39 is 0 Å². The SMILES string of the molecule is CCCSc1nc2c(N)nnc(OC(C)C)c2n1Cc1ccc(CN)cc1. The van der Waals surface area contributed by atoms with Crippen LogP contribution in [0.25, 0.3) is 11.0 Å². The Hall–Kier alpha value is -2.32. The lowest BCUT2D eigenvalue weighted by Crippen LogP contribution is -2.11. The number of hydrogen-bond donors (Lipinski definition) is 2. The monoisotopic (exact) mass is 386 g/mol. The van der Waals surface area contributed by atoms with Crippen molar-refractivity contribution in [1.82, 2.24) is 19.7 Å². The van der Waals surface area contributed by atoms with E-state index in [1.54, 1.807) is 11.8 Å². The molecular formula is C19H26N6OS. The maximum absolute atomic E-state index is 6.07. The van der Waals surface area contributed by atoms with Gasteiger partial charge in [0.1, 0.15) is 11.0 Å². The number of anilines is 1. The third-order valence-corrected chi connectivity index (χ3v) is 5.19. The van der Waals surface area contributed by atoms with Crippen LogP contribution in [0, 0.1) is 0 Å². The van der Waals surface area contributed by atoms with E-state index >= 15 is 0 Å². The first kappa shape index (κ1) is 19.4. The Morgan fingerprint density at radius 1 is 1.15 bits per heavy atom. The molecule has 0 aliphatic rings. The highest BCUT2D eigenvalue weighted by Gasteiger charge is 2.21. The number of imidazole rings is 1. The van der Waals surface area contributed by atoms with E-state index in [-0.39, 0.29) is 6.10 Å². The molecule has 2 aromatic heterocycles. The van der Waals surface area contributed by atoms with Crippen molar-refractivity contribution >= 4 is 28.6 Å². The highest BCUT2D eigenvalue weighted by molar-refractivity contribution is 7.99. The van der Waals surface area contributed by atoms with Crippen LogP contribution in [-0.2, 0) is 13.1 Å². The molecule has 0 aliphatic heterocycles. The maximum Gasteiger partial charge on any atom is 0.260 e. The molecule has 144 valence electrons. The summed E-state index contributed by atoms with van der Waals surface area (Å²) >= 11 is 1.70. The van der Waals surface area contributed by atoms with E-state index in [2.05, 4.69) is 33.8 Å². The standard InChI is InChI=1S/C19H26N6OS/c1-4-9-27-19-22-15-16(18(26-12(2)3)24-23-17(15)21)25(19)11-14-7-5-13(10-20)6-8-14/h5-8,12H,4,9-11,20H2,1-3H3,(H2,21,23). The van der Waals surface area contributed by atoms with Gasteiger partial charge in [-0.2, -0.15) is 0 Å². The third kappa shape index (κ3) is 4.33. The largest absolute Gasteiger partial charge is 0.472 e. The van der Waals surface area contributed by atoms with Crippen LogP contribution in [0.1, 0.15) is 38.3 Å². The predicted molar refractivity (Wildman–Crippen MR) is 110 cm³/mol. The van der Waals surface area contributed by atoms with Crippen molar-refractivity contribution in [3.05, 3.63) is 35.4 Å². The van der Waals surface area contributed by atoms with Crippen molar-refractivity contribution in [1.29, 1.82) is 0 Å². The zero-order valence-corrected chi connectivity index (χ0v) is 16.8. The van der Waals surface area contributed by atoms with Gasteiger partial charge in [0.05, 0.1) is 12.6 Å². The Labute approximate surface area is 163 Å². The van der Waals surface area contributed by atoms with Crippen LogP contribution in [0.3, 0.4) is 0 Å². The van der Waals surface area contributed by atoms with Crippen LogP contribution in [0.15, 0.2) is 29.4 Å². The molecule has 0 fully saturated rings. The van der Waals surface area contributed by atoms with Crippen LogP contribution in [-0.4, -0.2) is 31.6 Å². The van der Waals surface area contributed by atoms with Crippen LogP contribution in [0.2, 0.25) is 0 Å². The first-order chi connectivity index (χ1) is 13.0. The molecule has 0 atom stereocenters. The summed E-state index contributed by atoms with van der Waals surface area (Å²) < 4.78 is 8.02. The maximum atomic E-state index is 6.07. The number of nitrogens with two attached hydrogens (primary N) is 2. The van der Waals surface area contributed by atoms with Crippen LogP contribution >= 0.6 is 11.8 Å². The second kappa shape index (κ2) is 8.58. The van der Waals surface area contributed by atoms with E-state index in [4.69, 9.17) is 21.2 Å². The molecule has 1 aromatic carbocycles. The molecule has 0 saturated carbocycles. The lowest BCUT2D eigenvalue weighted by molar-refractivity contribution is 0.232. The van der Waals surface area contributed by atoms with Crippen LogP contribution < -0.4 is 16.2 Å². The van der Waals surface area contributed by atoms with E-state index in [1.165, 1.54) is 0 Å². The molecule has 27 heavy (non-hydrogen) atoms. The van der Waals surface area contributed by atoms with Gasteiger partial charge in [-0.15, -0.1) is 10.2 Å². The molecule has 8 heteroatoms. The molecule has 4 N–H and O–H groups in total. The molecule has 7 nitrogen and oxygen atoms in total. The number of nitrogens with zero attached hydrogens (tertiary/aromatic N) is 4. The zero-order chi connectivity index (χ0) is 19.4. The summed E-state index contributed by atoms with van der Waals surface area (Å²) in [6, 6.07) is 8.27. The minimum atomic E-state index is -0.0231. The number of thioether (sulfide) groups is 1. The fourth-order valence-electron chi connectivity index (χ4n) is 2.74. The molecule has 2 heterocycles. The first-order valence-electron chi connectivity index (χ1n) is 9.13. The van der Waals surface area contributed by atoms with Gasteiger partial charge in [-0.1, -0.05) is 43.0 Å². The molecule has 0 spiro atoms. The van der Waals surface area contributed by atoms with Gasteiger partial charge in [0.25, 0.3) is 5.88 Å². The molecular weight excluding hydrogens is 360 g/mol. The Balaban J connectivity index is 2.11.